The molecule has 0 unspecified atom stereocenters. The summed E-state index contributed by atoms with van der Waals surface area (Å²) in [7, 11) is 0. The van der Waals surface area contributed by atoms with Crippen LogP contribution < -0.4 is 5.73 Å². The van der Waals surface area contributed by atoms with E-state index in [0.29, 0.717) is 6.54 Å². The minimum atomic E-state index is 0.0989. The van der Waals surface area contributed by atoms with Crippen molar-refractivity contribution in [2.24, 2.45) is 0 Å². The van der Waals surface area contributed by atoms with E-state index >= 15 is 0 Å². The summed E-state index contributed by atoms with van der Waals surface area (Å²) in [4.78, 5) is 14.4. The zero-order chi connectivity index (χ0) is 14.1. The number of hydrogen-bond donors (Lipinski definition) is 1. The van der Waals surface area contributed by atoms with Gasteiger partial charge in [-0.1, -0.05) is 23.8 Å². The number of nitrogen functional groups attached to an aromatic ring is 1. The van der Waals surface area contributed by atoms with E-state index in [4.69, 9.17) is 5.73 Å². The van der Waals surface area contributed by atoms with Crippen LogP contribution in [0.5, 0.6) is 0 Å². The molecule has 2 aromatic carbocycles. The van der Waals surface area contributed by atoms with Gasteiger partial charge in [-0.3, -0.25) is 4.79 Å². The number of nitrogens with zero attached hydrogens (tertiary/aromatic N) is 1. The fraction of sp³-hybridized carbons (Fsp3) is 0.235. The lowest BCUT2D eigenvalue weighted by atomic mass is 9.98. The van der Waals surface area contributed by atoms with E-state index in [1.807, 2.05) is 48.2 Å². The summed E-state index contributed by atoms with van der Waals surface area (Å²) in [6.07, 6.45) is 0.896. The van der Waals surface area contributed by atoms with Gasteiger partial charge in [0, 0.05) is 24.3 Å². The molecular weight excluding hydrogens is 248 g/mol. The number of aryl methyl sites for hydroxylation is 1. The molecule has 20 heavy (non-hydrogen) atoms. The molecule has 0 bridgehead atoms. The average Bonchev–Trinajstić information content (AvgIpc) is 2.45. The van der Waals surface area contributed by atoms with Crippen molar-refractivity contribution in [1.82, 2.24) is 4.90 Å². The minimum Gasteiger partial charge on any atom is -0.399 e. The number of rotatable bonds is 1. The first-order valence-corrected chi connectivity index (χ1v) is 6.87. The highest BCUT2D eigenvalue weighted by atomic mass is 16.2. The highest BCUT2D eigenvalue weighted by molar-refractivity contribution is 5.94. The molecule has 3 heteroatoms. The predicted molar refractivity (Wildman–Crippen MR) is 80.5 cm³/mol. The van der Waals surface area contributed by atoms with Crippen LogP contribution in [0, 0.1) is 6.92 Å². The van der Waals surface area contributed by atoms with Gasteiger partial charge in [0.25, 0.3) is 5.91 Å². The van der Waals surface area contributed by atoms with Gasteiger partial charge in [-0.05, 0) is 48.7 Å². The Morgan fingerprint density at radius 2 is 2.00 bits per heavy atom. The van der Waals surface area contributed by atoms with Crippen molar-refractivity contribution in [2.75, 3.05) is 12.3 Å². The third-order valence-corrected chi connectivity index (χ3v) is 3.79. The number of nitrogens with two attached hydrogens (primary N) is 1. The van der Waals surface area contributed by atoms with E-state index in [0.717, 1.165) is 35.3 Å². The van der Waals surface area contributed by atoms with E-state index in [9.17, 15) is 4.79 Å². The molecule has 3 rings (SSSR count). The lowest BCUT2D eigenvalue weighted by Crippen LogP contribution is -2.36. The minimum absolute atomic E-state index is 0.0989. The van der Waals surface area contributed by atoms with Crippen molar-refractivity contribution < 1.29 is 4.79 Å². The van der Waals surface area contributed by atoms with E-state index < -0.39 is 0 Å². The molecule has 0 fully saturated rings. The Kier molecular flexibility index (Phi) is 3.18. The highest BCUT2D eigenvalue weighted by Gasteiger charge is 2.21. The van der Waals surface area contributed by atoms with Crippen LogP contribution in [0.2, 0.25) is 0 Å². The molecule has 3 nitrogen and oxygen atoms in total. The van der Waals surface area contributed by atoms with Crippen LogP contribution in [0.25, 0.3) is 0 Å². The molecule has 2 aromatic rings. The Bertz CT molecular complexity index is 664. The number of benzene rings is 2. The van der Waals surface area contributed by atoms with Crippen molar-refractivity contribution in [3.05, 3.63) is 64.7 Å². The lowest BCUT2D eigenvalue weighted by Gasteiger charge is -2.29. The zero-order valence-electron chi connectivity index (χ0n) is 11.6. The third-order valence-electron chi connectivity index (χ3n) is 3.79. The number of carbonyl (C=O) groups excluding carboxylic acids is 1. The van der Waals surface area contributed by atoms with Crippen LogP contribution in [-0.4, -0.2) is 17.4 Å². The van der Waals surface area contributed by atoms with Crippen LogP contribution in [-0.2, 0) is 13.0 Å². The first-order chi connectivity index (χ1) is 9.63. The van der Waals surface area contributed by atoms with Crippen molar-refractivity contribution in [1.29, 1.82) is 0 Å². The van der Waals surface area contributed by atoms with Gasteiger partial charge < -0.3 is 10.6 Å². The van der Waals surface area contributed by atoms with Crippen molar-refractivity contribution in [3.63, 3.8) is 0 Å². The highest BCUT2D eigenvalue weighted by Crippen LogP contribution is 2.22. The van der Waals surface area contributed by atoms with Gasteiger partial charge in [0.2, 0.25) is 0 Å². The van der Waals surface area contributed by atoms with E-state index in [1.54, 1.807) is 0 Å². The second-order valence-corrected chi connectivity index (χ2v) is 5.37. The topological polar surface area (TPSA) is 46.3 Å². The average molecular weight is 266 g/mol. The second kappa shape index (κ2) is 5.00. The Morgan fingerprint density at radius 1 is 1.15 bits per heavy atom. The molecular formula is C17H18N2O. The molecule has 0 atom stereocenters. The number of anilines is 1. The van der Waals surface area contributed by atoms with Crippen molar-refractivity contribution in [3.8, 4) is 0 Å². The summed E-state index contributed by atoms with van der Waals surface area (Å²) in [5, 5.41) is 0. The first-order valence-electron chi connectivity index (χ1n) is 6.87. The maximum Gasteiger partial charge on any atom is 0.254 e. The fourth-order valence-electron chi connectivity index (χ4n) is 2.71. The van der Waals surface area contributed by atoms with E-state index in [1.165, 1.54) is 5.56 Å². The van der Waals surface area contributed by atoms with Crippen molar-refractivity contribution in [2.45, 2.75) is 19.9 Å². The summed E-state index contributed by atoms with van der Waals surface area (Å²) in [5.74, 6) is 0.0989. The molecule has 102 valence electrons. The molecule has 0 saturated carbocycles. The van der Waals surface area contributed by atoms with Gasteiger partial charge in [0.1, 0.15) is 0 Å². The smallest absolute Gasteiger partial charge is 0.254 e. The van der Waals surface area contributed by atoms with Crippen LogP contribution in [0.4, 0.5) is 5.69 Å². The predicted octanol–water partition coefficient (Wildman–Crippen LogP) is 2.78. The van der Waals surface area contributed by atoms with Gasteiger partial charge in [0.05, 0.1) is 0 Å². The molecule has 1 heterocycles. The molecule has 0 aromatic heterocycles. The molecule has 0 aliphatic carbocycles. The normalized spacial score (nSPS) is 13.9. The monoisotopic (exact) mass is 266 g/mol. The summed E-state index contributed by atoms with van der Waals surface area (Å²) in [5.41, 5.74) is 10.9. The van der Waals surface area contributed by atoms with E-state index in [2.05, 4.69) is 6.07 Å². The van der Waals surface area contributed by atoms with Gasteiger partial charge in [-0.25, -0.2) is 0 Å². The summed E-state index contributed by atoms with van der Waals surface area (Å²) in [6, 6.07) is 13.7. The van der Waals surface area contributed by atoms with Crippen molar-refractivity contribution >= 4 is 11.6 Å². The largest absolute Gasteiger partial charge is 0.399 e. The Labute approximate surface area is 119 Å². The molecule has 0 spiro atoms. The molecule has 2 N–H and O–H groups in total. The fourth-order valence-corrected chi connectivity index (χ4v) is 2.71. The molecule has 1 aliphatic rings. The Morgan fingerprint density at radius 3 is 2.80 bits per heavy atom. The maximum atomic E-state index is 12.5. The second-order valence-electron chi connectivity index (χ2n) is 5.37. The van der Waals surface area contributed by atoms with Gasteiger partial charge >= 0.3 is 0 Å². The summed E-state index contributed by atoms with van der Waals surface area (Å²) >= 11 is 0. The first kappa shape index (κ1) is 12.7. The number of carbonyl (C=O) groups is 1. The summed E-state index contributed by atoms with van der Waals surface area (Å²) in [6.45, 7) is 3.42. The third kappa shape index (κ3) is 2.39. The van der Waals surface area contributed by atoms with Crippen LogP contribution in [0.1, 0.15) is 27.0 Å². The lowest BCUT2D eigenvalue weighted by molar-refractivity contribution is 0.0734. The van der Waals surface area contributed by atoms with Crippen LogP contribution >= 0.6 is 0 Å². The van der Waals surface area contributed by atoms with Gasteiger partial charge in [-0.15, -0.1) is 0 Å². The van der Waals surface area contributed by atoms with Crippen LogP contribution in [0.3, 0.4) is 0 Å². The Balaban J connectivity index is 1.84. The molecule has 0 radical (unpaired) electrons. The molecule has 1 amide bonds. The van der Waals surface area contributed by atoms with E-state index in [-0.39, 0.29) is 5.91 Å². The number of fused-ring (bicyclic) bond motifs is 1. The molecule has 1 aliphatic heterocycles. The molecule has 0 saturated heterocycles. The van der Waals surface area contributed by atoms with Gasteiger partial charge in [-0.2, -0.15) is 0 Å². The Hall–Kier alpha value is -2.29. The standard InChI is InChI=1S/C17H18N2O/c1-12-3-2-4-14(9-12)17(20)19-8-7-13-5-6-16(18)10-15(13)11-19/h2-6,9-10H,7-8,11,18H2,1H3. The maximum absolute atomic E-state index is 12.5. The van der Waals surface area contributed by atoms with Crippen LogP contribution in [0.15, 0.2) is 42.5 Å². The number of hydrogen-bond acceptors (Lipinski definition) is 2. The van der Waals surface area contributed by atoms with Gasteiger partial charge in [0.15, 0.2) is 0 Å². The SMILES string of the molecule is Cc1cccc(C(=O)N2CCc3ccc(N)cc3C2)c1. The summed E-state index contributed by atoms with van der Waals surface area (Å²) < 4.78 is 0. The quantitative estimate of drug-likeness (QED) is 0.807. The zero-order valence-corrected chi connectivity index (χ0v) is 11.6. The number of amides is 1.